The number of hydrogen-bond acceptors (Lipinski definition) is 8. The fourth-order valence-corrected chi connectivity index (χ4v) is 3.72. The van der Waals surface area contributed by atoms with Gasteiger partial charge in [-0.2, -0.15) is 4.98 Å². The smallest absolute Gasteiger partial charge is 0.332 e. The molecule has 0 aromatic carbocycles. The SMILES string of the molecule is CC(C)CCc1noc(CSc2nc(C(C)(C)C)nc3c2c(=O)n(C)c(=O)n3C)n1. The standard InChI is InChI=1S/C20H28N6O3S/c1-11(2)8-9-12-21-13(29-24-12)10-30-16-14-15(22-18(23-16)20(3,4)5)25(6)19(28)26(7)17(14)27/h11H,8-10H2,1-7H3. The molecule has 3 rings (SSSR count). The summed E-state index contributed by atoms with van der Waals surface area (Å²) in [5.41, 5.74) is -0.864. The predicted octanol–water partition coefficient (Wildman–Crippen LogP) is 2.59. The fourth-order valence-electron chi connectivity index (χ4n) is 2.87. The third-order valence-corrected chi connectivity index (χ3v) is 5.69. The average molecular weight is 433 g/mol. The number of fused-ring (bicyclic) bond motifs is 1. The molecule has 0 unspecified atom stereocenters. The van der Waals surface area contributed by atoms with Crippen molar-refractivity contribution in [2.24, 2.45) is 20.0 Å². The van der Waals surface area contributed by atoms with Crippen LogP contribution in [0.25, 0.3) is 11.0 Å². The number of nitrogens with zero attached hydrogens (tertiary/aromatic N) is 6. The van der Waals surface area contributed by atoms with E-state index in [1.165, 1.54) is 23.4 Å². The number of aryl methyl sites for hydroxylation is 2. The second-order valence-corrected chi connectivity index (χ2v) is 9.80. The molecule has 0 aliphatic heterocycles. The van der Waals surface area contributed by atoms with E-state index in [1.807, 2.05) is 20.8 Å². The molecule has 0 saturated heterocycles. The molecule has 0 aliphatic rings. The van der Waals surface area contributed by atoms with Crippen LogP contribution in [-0.4, -0.2) is 29.2 Å². The average Bonchev–Trinajstić information content (AvgIpc) is 3.14. The molecule has 0 saturated carbocycles. The van der Waals surface area contributed by atoms with Crippen molar-refractivity contribution in [3.05, 3.63) is 38.4 Å². The van der Waals surface area contributed by atoms with Crippen molar-refractivity contribution in [2.45, 2.75) is 63.7 Å². The third-order valence-electron chi connectivity index (χ3n) is 4.73. The van der Waals surface area contributed by atoms with E-state index in [9.17, 15) is 9.59 Å². The largest absolute Gasteiger partial charge is 0.338 e. The normalized spacial score (nSPS) is 12.3. The van der Waals surface area contributed by atoms with Crippen molar-refractivity contribution in [1.29, 1.82) is 0 Å². The lowest BCUT2D eigenvalue weighted by atomic mass is 9.96. The van der Waals surface area contributed by atoms with Crippen LogP contribution in [0.4, 0.5) is 0 Å². The first kappa shape index (κ1) is 22.2. The molecule has 0 spiro atoms. The van der Waals surface area contributed by atoms with E-state index >= 15 is 0 Å². The Hall–Kier alpha value is -2.49. The minimum Gasteiger partial charge on any atom is -0.338 e. The molecule has 9 nitrogen and oxygen atoms in total. The van der Waals surface area contributed by atoms with Gasteiger partial charge in [0.25, 0.3) is 5.56 Å². The molecule has 0 bridgehead atoms. The molecular formula is C20H28N6O3S. The lowest BCUT2D eigenvalue weighted by Crippen LogP contribution is -2.38. The van der Waals surface area contributed by atoms with Gasteiger partial charge in [-0.15, -0.1) is 0 Å². The van der Waals surface area contributed by atoms with Crippen LogP contribution in [-0.2, 0) is 31.7 Å². The Kier molecular flexibility index (Phi) is 6.16. The zero-order valence-corrected chi connectivity index (χ0v) is 19.3. The van der Waals surface area contributed by atoms with Gasteiger partial charge in [-0.3, -0.25) is 13.9 Å². The fraction of sp³-hybridized carbons (Fsp3) is 0.600. The van der Waals surface area contributed by atoms with E-state index in [0.717, 1.165) is 17.4 Å². The highest BCUT2D eigenvalue weighted by molar-refractivity contribution is 7.98. The summed E-state index contributed by atoms with van der Waals surface area (Å²) < 4.78 is 7.82. The molecule has 3 heterocycles. The van der Waals surface area contributed by atoms with Crippen molar-refractivity contribution in [1.82, 2.24) is 29.2 Å². The van der Waals surface area contributed by atoms with Crippen molar-refractivity contribution in [3.8, 4) is 0 Å². The molecule has 0 amide bonds. The summed E-state index contributed by atoms with van der Waals surface area (Å²) in [6.07, 6.45) is 1.75. The van der Waals surface area contributed by atoms with Gasteiger partial charge >= 0.3 is 5.69 Å². The lowest BCUT2D eigenvalue weighted by molar-refractivity contribution is 0.383. The van der Waals surface area contributed by atoms with Gasteiger partial charge in [0.1, 0.15) is 16.2 Å². The van der Waals surface area contributed by atoms with Gasteiger partial charge in [-0.25, -0.2) is 14.8 Å². The first-order chi connectivity index (χ1) is 14.0. The van der Waals surface area contributed by atoms with Gasteiger partial charge in [0.2, 0.25) is 5.89 Å². The number of aromatic nitrogens is 6. The van der Waals surface area contributed by atoms with Gasteiger partial charge in [-0.1, -0.05) is 51.5 Å². The Labute approximate surface area is 178 Å². The minimum atomic E-state index is -0.422. The number of rotatable bonds is 6. The van der Waals surface area contributed by atoms with Crippen molar-refractivity contribution < 1.29 is 4.52 Å². The molecule has 0 radical (unpaired) electrons. The molecule has 0 fully saturated rings. The van der Waals surface area contributed by atoms with E-state index in [-0.39, 0.29) is 5.41 Å². The zero-order valence-electron chi connectivity index (χ0n) is 18.5. The third kappa shape index (κ3) is 4.48. The van der Waals surface area contributed by atoms with E-state index < -0.39 is 11.2 Å². The van der Waals surface area contributed by atoms with Crippen LogP contribution in [0.1, 0.15) is 58.6 Å². The Bertz CT molecular complexity index is 1190. The first-order valence-electron chi connectivity index (χ1n) is 9.91. The van der Waals surface area contributed by atoms with Crippen molar-refractivity contribution >= 4 is 22.8 Å². The van der Waals surface area contributed by atoms with Crippen LogP contribution in [0, 0.1) is 5.92 Å². The van der Waals surface area contributed by atoms with Crippen LogP contribution in [0.3, 0.4) is 0 Å². The monoisotopic (exact) mass is 432 g/mol. The quantitative estimate of drug-likeness (QED) is 0.432. The molecule has 3 aromatic rings. The summed E-state index contributed by atoms with van der Waals surface area (Å²) >= 11 is 1.33. The second-order valence-electron chi connectivity index (χ2n) is 8.83. The maximum absolute atomic E-state index is 12.9. The lowest BCUT2D eigenvalue weighted by Gasteiger charge is -2.19. The molecule has 0 aliphatic carbocycles. The molecule has 3 aromatic heterocycles. The summed E-state index contributed by atoms with van der Waals surface area (Å²) in [5, 5.41) is 4.85. The van der Waals surface area contributed by atoms with E-state index in [0.29, 0.717) is 45.3 Å². The molecule has 0 N–H and O–H groups in total. The molecule has 162 valence electrons. The Morgan fingerprint density at radius 2 is 1.77 bits per heavy atom. The van der Waals surface area contributed by atoms with E-state index in [2.05, 4.69) is 34.0 Å². The zero-order chi connectivity index (χ0) is 22.2. The molecule has 0 atom stereocenters. The van der Waals surface area contributed by atoms with Gasteiger partial charge in [0.05, 0.1) is 5.75 Å². The predicted molar refractivity (Wildman–Crippen MR) is 116 cm³/mol. The van der Waals surface area contributed by atoms with Gasteiger partial charge < -0.3 is 4.52 Å². The van der Waals surface area contributed by atoms with Gasteiger partial charge in [0.15, 0.2) is 11.5 Å². The summed E-state index contributed by atoms with van der Waals surface area (Å²) in [6, 6.07) is 0. The Balaban J connectivity index is 2.02. The maximum atomic E-state index is 12.9. The highest BCUT2D eigenvalue weighted by atomic mass is 32.2. The number of thioether (sulfide) groups is 1. The van der Waals surface area contributed by atoms with Gasteiger partial charge in [0, 0.05) is 25.9 Å². The van der Waals surface area contributed by atoms with E-state index in [1.54, 1.807) is 7.05 Å². The summed E-state index contributed by atoms with van der Waals surface area (Å²) in [6.45, 7) is 10.3. The highest BCUT2D eigenvalue weighted by Crippen LogP contribution is 2.28. The van der Waals surface area contributed by atoms with E-state index in [4.69, 9.17) is 4.52 Å². The van der Waals surface area contributed by atoms with Crippen molar-refractivity contribution in [2.75, 3.05) is 0 Å². The topological polar surface area (TPSA) is 109 Å². The van der Waals surface area contributed by atoms with Crippen molar-refractivity contribution in [3.63, 3.8) is 0 Å². The Morgan fingerprint density at radius 3 is 2.40 bits per heavy atom. The first-order valence-corrected chi connectivity index (χ1v) is 10.9. The second kappa shape index (κ2) is 8.33. The van der Waals surface area contributed by atoms with Crippen LogP contribution >= 0.6 is 11.8 Å². The molecule has 10 heteroatoms. The van der Waals surface area contributed by atoms with Crippen LogP contribution < -0.4 is 11.2 Å². The highest BCUT2D eigenvalue weighted by Gasteiger charge is 2.24. The minimum absolute atomic E-state index is 0.317. The van der Waals surface area contributed by atoms with Crippen LogP contribution in [0.15, 0.2) is 19.1 Å². The Morgan fingerprint density at radius 1 is 1.07 bits per heavy atom. The summed E-state index contributed by atoms with van der Waals surface area (Å²) in [5.74, 6) is 2.65. The molecular weight excluding hydrogens is 404 g/mol. The maximum Gasteiger partial charge on any atom is 0.332 e. The summed E-state index contributed by atoms with van der Waals surface area (Å²) in [7, 11) is 3.06. The van der Waals surface area contributed by atoms with Crippen LogP contribution in [0.5, 0.6) is 0 Å². The summed E-state index contributed by atoms with van der Waals surface area (Å²) in [4.78, 5) is 38.9. The molecule has 30 heavy (non-hydrogen) atoms. The van der Waals surface area contributed by atoms with Crippen LogP contribution in [0.2, 0.25) is 0 Å². The van der Waals surface area contributed by atoms with Gasteiger partial charge in [-0.05, 0) is 12.3 Å². The number of hydrogen-bond donors (Lipinski definition) is 0.